The van der Waals surface area contributed by atoms with Crippen molar-refractivity contribution in [2.45, 2.75) is 26.9 Å². The topological polar surface area (TPSA) is 104 Å². The molecule has 2 heterocycles. The van der Waals surface area contributed by atoms with Crippen molar-refractivity contribution < 1.29 is 9.90 Å². The van der Waals surface area contributed by atoms with Crippen molar-refractivity contribution in [1.29, 1.82) is 0 Å². The van der Waals surface area contributed by atoms with Gasteiger partial charge in [-0.3, -0.25) is 4.79 Å². The van der Waals surface area contributed by atoms with Gasteiger partial charge in [-0.2, -0.15) is 0 Å². The summed E-state index contributed by atoms with van der Waals surface area (Å²) < 4.78 is 0. The van der Waals surface area contributed by atoms with Crippen LogP contribution in [0.5, 0.6) is 0 Å². The van der Waals surface area contributed by atoms with E-state index >= 15 is 0 Å². The van der Waals surface area contributed by atoms with Crippen LogP contribution in [0.25, 0.3) is 11.0 Å². The van der Waals surface area contributed by atoms with E-state index in [0.717, 1.165) is 16.7 Å². The molecule has 0 aliphatic rings. The summed E-state index contributed by atoms with van der Waals surface area (Å²) in [5.74, 6) is 0.750. The number of fused-ring (bicyclic) bond motifs is 1. The molecular formula is C16H17N5O2. The number of nitrogens with one attached hydrogen (secondary N) is 2. The Morgan fingerprint density at radius 2 is 2.00 bits per heavy atom. The highest BCUT2D eigenvalue weighted by molar-refractivity contribution is 6.03. The molecule has 0 bridgehead atoms. The third-order valence-electron chi connectivity index (χ3n) is 3.35. The molecule has 0 aliphatic heterocycles. The highest BCUT2D eigenvalue weighted by atomic mass is 16.3. The monoisotopic (exact) mass is 311 g/mol. The molecule has 1 aromatic carbocycles. The first-order chi connectivity index (χ1) is 10.9. The van der Waals surface area contributed by atoms with Gasteiger partial charge < -0.3 is 15.4 Å². The Morgan fingerprint density at radius 1 is 1.22 bits per heavy atom. The number of nitrogens with zero attached hydrogens (tertiary/aromatic N) is 3. The highest BCUT2D eigenvalue weighted by Gasteiger charge is 2.12. The molecule has 2 aromatic heterocycles. The zero-order chi connectivity index (χ0) is 16.6. The van der Waals surface area contributed by atoms with Gasteiger partial charge in [0.05, 0.1) is 11.0 Å². The number of aliphatic hydroxyl groups is 1. The lowest BCUT2D eigenvalue weighted by atomic mass is 10.2. The summed E-state index contributed by atoms with van der Waals surface area (Å²) in [6.45, 7) is 5.21. The first-order valence-corrected chi connectivity index (χ1v) is 7.24. The first-order valence-electron chi connectivity index (χ1n) is 7.24. The van der Waals surface area contributed by atoms with Crippen LogP contribution in [-0.2, 0) is 0 Å². The van der Waals surface area contributed by atoms with Crippen molar-refractivity contribution >= 4 is 22.6 Å². The van der Waals surface area contributed by atoms with Crippen molar-refractivity contribution in [3.63, 3.8) is 0 Å². The van der Waals surface area contributed by atoms with Gasteiger partial charge in [0, 0.05) is 11.4 Å². The van der Waals surface area contributed by atoms with Gasteiger partial charge in [-0.1, -0.05) is 0 Å². The number of carbonyl (C=O) groups is 1. The summed E-state index contributed by atoms with van der Waals surface area (Å²) in [5, 5.41) is 12.4. The lowest BCUT2D eigenvalue weighted by Gasteiger charge is -2.06. The smallest absolute Gasteiger partial charge is 0.274 e. The number of carbonyl (C=O) groups excluding carboxylic acids is 1. The molecule has 3 rings (SSSR count). The maximum Gasteiger partial charge on any atom is 0.274 e. The maximum atomic E-state index is 12.3. The normalized spacial score (nSPS) is 12.3. The Morgan fingerprint density at radius 3 is 2.70 bits per heavy atom. The zero-order valence-corrected chi connectivity index (χ0v) is 13.1. The largest absolute Gasteiger partial charge is 0.385 e. The van der Waals surface area contributed by atoms with E-state index in [-0.39, 0.29) is 5.91 Å². The van der Waals surface area contributed by atoms with Gasteiger partial charge >= 0.3 is 0 Å². The SMILES string of the molecule is Cc1cc(C(=O)Nc2ccc3nc([C@H](C)O)[nH]c3c2)nc(C)n1. The first kappa shape index (κ1) is 15.1. The predicted octanol–water partition coefficient (Wildman–Crippen LogP) is 2.28. The number of imidazole rings is 1. The molecule has 0 fully saturated rings. The van der Waals surface area contributed by atoms with Crippen LogP contribution in [0.3, 0.4) is 0 Å². The number of H-pyrrole nitrogens is 1. The summed E-state index contributed by atoms with van der Waals surface area (Å²) in [7, 11) is 0. The molecule has 0 aliphatic carbocycles. The van der Waals surface area contributed by atoms with Crippen LogP contribution >= 0.6 is 0 Å². The number of anilines is 1. The minimum Gasteiger partial charge on any atom is -0.385 e. The second kappa shape index (κ2) is 5.77. The van der Waals surface area contributed by atoms with Crippen LogP contribution < -0.4 is 5.32 Å². The fourth-order valence-corrected chi connectivity index (χ4v) is 2.33. The van der Waals surface area contributed by atoms with Gasteiger partial charge in [-0.05, 0) is 45.0 Å². The summed E-state index contributed by atoms with van der Waals surface area (Å²) in [6.07, 6.45) is -0.674. The maximum absolute atomic E-state index is 12.3. The highest BCUT2D eigenvalue weighted by Crippen LogP contribution is 2.20. The molecule has 3 N–H and O–H groups in total. The number of aryl methyl sites for hydroxylation is 2. The van der Waals surface area contributed by atoms with Crippen LogP contribution in [0.15, 0.2) is 24.3 Å². The van der Waals surface area contributed by atoms with Gasteiger partial charge in [0.2, 0.25) is 0 Å². The molecule has 0 spiro atoms. The molecular weight excluding hydrogens is 294 g/mol. The van der Waals surface area contributed by atoms with Crippen LogP contribution in [0.2, 0.25) is 0 Å². The number of amides is 1. The standard InChI is InChI=1S/C16H17N5O2/c1-8-6-14(18-10(3)17-8)16(23)19-11-4-5-12-13(7-11)21-15(20-12)9(2)22/h4-7,9,22H,1-3H3,(H,19,23)(H,20,21)/t9-/m0/s1. The minimum atomic E-state index is -0.674. The summed E-state index contributed by atoms with van der Waals surface area (Å²) >= 11 is 0. The van der Waals surface area contributed by atoms with E-state index in [2.05, 4.69) is 25.3 Å². The van der Waals surface area contributed by atoms with Gasteiger partial charge in [0.1, 0.15) is 23.4 Å². The molecule has 0 saturated carbocycles. The lowest BCUT2D eigenvalue weighted by Crippen LogP contribution is -2.15. The van der Waals surface area contributed by atoms with Gasteiger partial charge in [0.15, 0.2) is 0 Å². The van der Waals surface area contributed by atoms with Crippen molar-refractivity contribution in [2.24, 2.45) is 0 Å². The van der Waals surface area contributed by atoms with Crippen LogP contribution in [0, 0.1) is 13.8 Å². The molecule has 3 aromatic rings. The second-order valence-electron chi connectivity index (χ2n) is 5.43. The number of hydrogen-bond acceptors (Lipinski definition) is 5. The van der Waals surface area contributed by atoms with Crippen LogP contribution in [-0.4, -0.2) is 30.9 Å². The average Bonchev–Trinajstić information content (AvgIpc) is 2.89. The molecule has 0 radical (unpaired) electrons. The van der Waals surface area contributed by atoms with E-state index < -0.39 is 6.10 Å². The van der Waals surface area contributed by atoms with E-state index in [1.807, 2.05) is 6.92 Å². The fraction of sp³-hybridized carbons (Fsp3) is 0.250. The van der Waals surface area contributed by atoms with Crippen LogP contribution in [0.1, 0.15) is 40.9 Å². The Balaban J connectivity index is 1.87. The van der Waals surface area contributed by atoms with E-state index in [9.17, 15) is 9.90 Å². The second-order valence-corrected chi connectivity index (χ2v) is 5.43. The fourth-order valence-electron chi connectivity index (χ4n) is 2.33. The molecule has 7 nitrogen and oxygen atoms in total. The molecule has 1 amide bonds. The Bertz CT molecular complexity index is 865. The summed E-state index contributed by atoms with van der Waals surface area (Å²) in [5.41, 5.74) is 3.16. The number of benzene rings is 1. The number of aliphatic hydroxyl groups excluding tert-OH is 1. The number of aromatic nitrogens is 4. The average molecular weight is 311 g/mol. The quantitative estimate of drug-likeness (QED) is 0.688. The third kappa shape index (κ3) is 3.19. The third-order valence-corrected chi connectivity index (χ3v) is 3.35. The molecule has 7 heteroatoms. The van der Waals surface area contributed by atoms with Crippen molar-refractivity contribution in [3.05, 3.63) is 47.3 Å². The summed E-state index contributed by atoms with van der Waals surface area (Å²) in [6, 6.07) is 6.95. The van der Waals surface area contributed by atoms with E-state index in [1.165, 1.54) is 0 Å². The summed E-state index contributed by atoms with van der Waals surface area (Å²) in [4.78, 5) is 27.9. The van der Waals surface area contributed by atoms with E-state index in [1.54, 1.807) is 38.1 Å². The number of hydrogen-bond donors (Lipinski definition) is 3. The van der Waals surface area contributed by atoms with Gasteiger partial charge in [0.25, 0.3) is 5.91 Å². The Kier molecular flexibility index (Phi) is 3.79. The molecule has 0 unspecified atom stereocenters. The van der Waals surface area contributed by atoms with Crippen LogP contribution in [0.4, 0.5) is 5.69 Å². The number of rotatable bonds is 3. The predicted molar refractivity (Wildman–Crippen MR) is 86.2 cm³/mol. The van der Waals surface area contributed by atoms with Crippen molar-refractivity contribution in [2.75, 3.05) is 5.32 Å². The van der Waals surface area contributed by atoms with Gasteiger partial charge in [-0.15, -0.1) is 0 Å². The lowest BCUT2D eigenvalue weighted by molar-refractivity contribution is 0.102. The van der Waals surface area contributed by atoms with Crippen molar-refractivity contribution in [3.8, 4) is 0 Å². The molecule has 118 valence electrons. The number of aromatic amines is 1. The molecule has 23 heavy (non-hydrogen) atoms. The Labute approximate surface area is 132 Å². The molecule has 1 atom stereocenters. The zero-order valence-electron chi connectivity index (χ0n) is 13.1. The molecule has 0 saturated heterocycles. The minimum absolute atomic E-state index is 0.298. The Hall–Kier alpha value is -2.80. The van der Waals surface area contributed by atoms with E-state index in [4.69, 9.17) is 0 Å². The van der Waals surface area contributed by atoms with Crippen molar-refractivity contribution in [1.82, 2.24) is 19.9 Å². The van der Waals surface area contributed by atoms with Gasteiger partial charge in [-0.25, -0.2) is 15.0 Å². The van der Waals surface area contributed by atoms with E-state index in [0.29, 0.717) is 23.0 Å².